The first-order valence-corrected chi connectivity index (χ1v) is 7.32. The lowest BCUT2D eigenvalue weighted by Gasteiger charge is -2.14. The Morgan fingerprint density at radius 3 is 2.40 bits per heavy atom. The first-order valence-electron chi connectivity index (χ1n) is 6.94. The van der Waals surface area contributed by atoms with Crippen molar-refractivity contribution in [3.8, 4) is 5.75 Å². The number of nitro benzene ring substituents is 2. The molecule has 0 aromatic heterocycles. The first-order chi connectivity index (χ1) is 11.8. The van der Waals surface area contributed by atoms with Gasteiger partial charge in [-0.1, -0.05) is 23.7 Å². The van der Waals surface area contributed by atoms with Gasteiger partial charge in [-0.2, -0.15) is 0 Å². The van der Waals surface area contributed by atoms with Crippen LogP contribution in [0.25, 0.3) is 0 Å². The molecule has 1 atom stereocenters. The van der Waals surface area contributed by atoms with E-state index in [1.807, 2.05) is 0 Å². The van der Waals surface area contributed by atoms with Crippen molar-refractivity contribution < 1.29 is 19.4 Å². The molecular weight excluding hydrogens is 354 g/mol. The van der Waals surface area contributed by atoms with Crippen LogP contribution < -0.4 is 10.1 Å². The maximum Gasteiger partial charge on any atom is 0.310 e. The van der Waals surface area contributed by atoms with Crippen molar-refractivity contribution in [2.24, 2.45) is 0 Å². The molecule has 0 radical (unpaired) electrons. The number of ether oxygens (including phenoxy) is 1. The minimum absolute atomic E-state index is 0.0581. The number of nitrogens with one attached hydrogen (secondary N) is 1. The van der Waals surface area contributed by atoms with Gasteiger partial charge in [0, 0.05) is 17.8 Å². The minimum atomic E-state index is -1.07. The smallest absolute Gasteiger partial charge is 0.310 e. The van der Waals surface area contributed by atoms with Gasteiger partial charge in [0.2, 0.25) is 0 Å². The number of hydrogen-bond acceptors (Lipinski definition) is 6. The predicted molar refractivity (Wildman–Crippen MR) is 89.9 cm³/mol. The third-order valence-electron chi connectivity index (χ3n) is 3.15. The van der Waals surface area contributed by atoms with E-state index < -0.39 is 21.9 Å². The van der Waals surface area contributed by atoms with E-state index in [0.29, 0.717) is 0 Å². The lowest BCUT2D eigenvalue weighted by atomic mass is 10.2. The number of anilines is 1. The van der Waals surface area contributed by atoms with Crippen LogP contribution in [0.4, 0.5) is 17.1 Å². The van der Waals surface area contributed by atoms with E-state index in [9.17, 15) is 25.0 Å². The van der Waals surface area contributed by atoms with Crippen LogP contribution in [0.1, 0.15) is 6.92 Å². The zero-order valence-electron chi connectivity index (χ0n) is 12.8. The highest BCUT2D eigenvalue weighted by atomic mass is 35.5. The molecule has 0 saturated heterocycles. The molecule has 0 aliphatic rings. The number of carbonyl (C=O) groups is 1. The largest absolute Gasteiger partial charge is 0.474 e. The summed E-state index contributed by atoms with van der Waals surface area (Å²) in [5, 5.41) is 24.2. The molecule has 0 saturated carbocycles. The molecule has 130 valence electrons. The van der Waals surface area contributed by atoms with Crippen molar-refractivity contribution in [2.75, 3.05) is 5.32 Å². The molecule has 0 heterocycles. The lowest BCUT2D eigenvalue weighted by molar-refractivity contribution is -0.386. The van der Waals surface area contributed by atoms with E-state index in [-0.39, 0.29) is 27.8 Å². The van der Waals surface area contributed by atoms with Crippen molar-refractivity contribution in [2.45, 2.75) is 13.0 Å². The van der Waals surface area contributed by atoms with Crippen LogP contribution in [0.3, 0.4) is 0 Å². The maximum absolute atomic E-state index is 12.2. The Morgan fingerprint density at radius 1 is 1.12 bits per heavy atom. The molecule has 0 spiro atoms. The zero-order valence-corrected chi connectivity index (χ0v) is 13.6. The summed E-state index contributed by atoms with van der Waals surface area (Å²) in [6.07, 6.45) is -1.07. The number of hydrogen-bond donors (Lipinski definition) is 1. The Balaban J connectivity index is 2.13. The second-order valence-corrected chi connectivity index (χ2v) is 5.30. The Kier molecular flexibility index (Phi) is 5.50. The lowest BCUT2D eigenvalue weighted by Crippen LogP contribution is -2.30. The van der Waals surface area contributed by atoms with Crippen LogP contribution in [0.5, 0.6) is 5.75 Å². The molecule has 2 aromatic carbocycles. The van der Waals surface area contributed by atoms with Gasteiger partial charge in [-0.15, -0.1) is 0 Å². The van der Waals surface area contributed by atoms with Crippen LogP contribution in [0.2, 0.25) is 5.02 Å². The van der Waals surface area contributed by atoms with Crippen LogP contribution in [0.15, 0.2) is 42.5 Å². The molecule has 1 amide bonds. The predicted octanol–water partition coefficient (Wildman–Crippen LogP) is 3.56. The topological polar surface area (TPSA) is 125 Å². The Labute approximate surface area is 146 Å². The van der Waals surface area contributed by atoms with Crippen molar-refractivity contribution in [3.05, 3.63) is 67.7 Å². The Hall–Kier alpha value is -3.20. The average molecular weight is 366 g/mol. The summed E-state index contributed by atoms with van der Waals surface area (Å²) >= 11 is 5.70. The molecule has 2 rings (SSSR count). The fraction of sp³-hybridized carbons (Fsp3) is 0.133. The second-order valence-electron chi connectivity index (χ2n) is 4.90. The molecular formula is C15H12ClN3O6. The standard InChI is InChI=1S/C15H12ClN3O6/c1-9(25-14-5-3-2-4-12(14)18(21)22)15(20)17-10-6-7-11(16)13(8-10)19(23)24/h2-9H,1H3,(H,17,20). The molecule has 25 heavy (non-hydrogen) atoms. The van der Waals surface area contributed by atoms with Crippen molar-refractivity contribution >= 4 is 34.6 Å². The van der Waals surface area contributed by atoms with Crippen molar-refractivity contribution in [3.63, 3.8) is 0 Å². The molecule has 0 fully saturated rings. The molecule has 1 unspecified atom stereocenters. The van der Waals surface area contributed by atoms with E-state index in [0.717, 1.165) is 6.07 Å². The van der Waals surface area contributed by atoms with Gasteiger partial charge in [0.1, 0.15) is 5.02 Å². The van der Waals surface area contributed by atoms with Gasteiger partial charge >= 0.3 is 5.69 Å². The summed E-state index contributed by atoms with van der Waals surface area (Å²) in [6.45, 7) is 1.40. The molecule has 0 aliphatic carbocycles. The fourth-order valence-electron chi connectivity index (χ4n) is 1.93. The van der Waals surface area contributed by atoms with E-state index >= 15 is 0 Å². The molecule has 10 heteroatoms. The second kappa shape index (κ2) is 7.58. The molecule has 1 N–H and O–H groups in total. The third kappa shape index (κ3) is 4.42. The zero-order chi connectivity index (χ0) is 18.6. The van der Waals surface area contributed by atoms with Crippen molar-refractivity contribution in [1.29, 1.82) is 0 Å². The number of para-hydroxylation sites is 2. The SMILES string of the molecule is CC(Oc1ccccc1[N+](=O)[O-])C(=O)Nc1ccc(Cl)c([N+](=O)[O-])c1. The number of amides is 1. The summed E-state index contributed by atoms with van der Waals surface area (Å²) < 4.78 is 5.33. The fourth-order valence-corrected chi connectivity index (χ4v) is 2.11. The van der Waals surface area contributed by atoms with Gasteiger partial charge in [-0.05, 0) is 25.1 Å². The molecule has 9 nitrogen and oxygen atoms in total. The quantitative estimate of drug-likeness (QED) is 0.616. The summed E-state index contributed by atoms with van der Waals surface area (Å²) in [4.78, 5) is 32.7. The summed E-state index contributed by atoms with van der Waals surface area (Å²) in [6, 6.07) is 9.42. The summed E-state index contributed by atoms with van der Waals surface area (Å²) in [5.41, 5.74) is -0.477. The Morgan fingerprint density at radius 2 is 1.76 bits per heavy atom. The van der Waals surface area contributed by atoms with Gasteiger partial charge in [0.15, 0.2) is 11.9 Å². The van der Waals surface area contributed by atoms with Crippen LogP contribution >= 0.6 is 11.6 Å². The van der Waals surface area contributed by atoms with Crippen LogP contribution in [0, 0.1) is 20.2 Å². The van der Waals surface area contributed by atoms with Gasteiger partial charge < -0.3 is 10.1 Å². The highest BCUT2D eigenvalue weighted by Crippen LogP contribution is 2.29. The first kappa shape index (κ1) is 18.1. The van der Waals surface area contributed by atoms with Crippen LogP contribution in [-0.4, -0.2) is 21.9 Å². The van der Waals surface area contributed by atoms with Gasteiger partial charge in [-0.3, -0.25) is 25.0 Å². The number of nitro groups is 2. The highest BCUT2D eigenvalue weighted by molar-refractivity contribution is 6.32. The number of carbonyl (C=O) groups excluding carboxylic acids is 1. The third-order valence-corrected chi connectivity index (χ3v) is 3.46. The van der Waals surface area contributed by atoms with Gasteiger partial charge in [0.25, 0.3) is 11.6 Å². The van der Waals surface area contributed by atoms with E-state index in [1.54, 1.807) is 0 Å². The molecule has 0 aliphatic heterocycles. The minimum Gasteiger partial charge on any atom is -0.474 e. The summed E-state index contributed by atoms with van der Waals surface area (Å²) in [5.74, 6) is -0.688. The van der Waals surface area contributed by atoms with Gasteiger partial charge in [-0.25, -0.2) is 0 Å². The maximum atomic E-state index is 12.2. The molecule has 0 bridgehead atoms. The van der Waals surface area contributed by atoms with Crippen molar-refractivity contribution in [1.82, 2.24) is 0 Å². The van der Waals surface area contributed by atoms with Crippen LogP contribution in [-0.2, 0) is 4.79 Å². The Bertz CT molecular complexity index is 842. The normalized spacial score (nSPS) is 11.4. The van der Waals surface area contributed by atoms with E-state index in [1.165, 1.54) is 43.3 Å². The molecule has 2 aromatic rings. The van der Waals surface area contributed by atoms with E-state index in [2.05, 4.69) is 5.32 Å². The monoisotopic (exact) mass is 365 g/mol. The number of nitrogens with zero attached hydrogens (tertiary/aromatic N) is 2. The number of rotatable bonds is 6. The average Bonchev–Trinajstić information content (AvgIpc) is 2.56. The highest BCUT2D eigenvalue weighted by Gasteiger charge is 2.21. The number of benzene rings is 2. The number of halogens is 1. The van der Waals surface area contributed by atoms with E-state index in [4.69, 9.17) is 16.3 Å². The summed E-state index contributed by atoms with van der Waals surface area (Å²) in [7, 11) is 0. The van der Waals surface area contributed by atoms with Gasteiger partial charge in [0.05, 0.1) is 9.85 Å².